The molecule has 4 aromatic rings. The molecule has 0 unspecified atom stereocenters. The molecule has 0 radical (unpaired) electrons. The third-order valence-corrected chi connectivity index (χ3v) is 18.9. The van der Waals surface area contributed by atoms with Crippen LogP contribution in [0.1, 0.15) is 91.3 Å². The van der Waals surface area contributed by atoms with E-state index in [4.69, 9.17) is 43.8 Å². The lowest BCUT2D eigenvalue weighted by molar-refractivity contribution is -0.145. The van der Waals surface area contributed by atoms with Crippen LogP contribution in [0.15, 0.2) is 119 Å². The summed E-state index contributed by atoms with van der Waals surface area (Å²) in [7, 11) is -8.59. The number of nitrogens with zero attached hydrogens (tertiary/aromatic N) is 3. The largest absolute Gasteiger partial charge is 0.443 e. The number of ether oxygens (including phenoxy) is 6. The van der Waals surface area contributed by atoms with Crippen molar-refractivity contribution in [1.82, 2.24) is 19.6 Å². The van der Waals surface area contributed by atoms with Crippen LogP contribution in [0.2, 0.25) is 0 Å². The lowest BCUT2D eigenvalue weighted by Gasteiger charge is -2.31. The maximum Gasteiger partial charge on any atom is 0.407 e. The van der Waals surface area contributed by atoms with Gasteiger partial charge in [-0.15, -0.1) is 0 Å². The normalized spacial score (nSPS) is 24.0. The fourth-order valence-electron chi connectivity index (χ4n) is 11.1. The van der Waals surface area contributed by atoms with E-state index < -0.39 is 94.0 Å². The zero-order chi connectivity index (χ0) is 58.5. The highest BCUT2D eigenvalue weighted by atomic mass is 32.2. The van der Waals surface area contributed by atoms with Crippen LogP contribution in [0.5, 0.6) is 0 Å². The summed E-state index contributed by atoms with van der Waals surface area (Å²) in [5.74, 6) is -0.892. The molecule has 4 saturated heterocycles. The summed E-state index contributed by atoms with van der Waals surface area (Å²) < 4.78 is 90.0. The zero-order valence-corrected chi connectivity index (χ0v) is 47.4. The molecule has 0 spiro atoms. The van der Waals surface area contributed by atoms with E-state index >= 15 is 0 Å². The minimum Gasteiger partial charge on any atom is -0.443 e. The first-order valence-corrected chi connectivity index (χ1v) is 31.1. The van der Waals surface area contributed by atoms with Gasteiger partial charge in [0.05, 0.1) is 109 Å². The summed E-state index contributed by atoms with van der Waals surface area (Å²) in [6.07, 6.45) is 1.46. The van der Waals surface area contributed by atoms with Crippen LogP contribution in [0, 0.1) is 23.2 Å². The standard InChI is InChI=1S/C29H37N3O9S.C29H35N3O8S/c30-27(34)20-9-6-12-22(16-20)42(36,37)32(41-21-10-4-5-11-21)17-25(33)24(15-19-7-2-1-3-8-19)31-29(35)40-26-18-39-28-23(26)13-14-38-28;30-17-21-9-6-12-23(15-21)41(35,36)32(40-22-10-4-5-11-22)18-26(33)25(16-20-7-2-1-3-8-20)31-29(34)39-27-19-38-28-24(27)13-14-37-28/h1-3,6-9,12,16,21,23-26,28,33H,4-5,10-11,13-15,17-18H2,(H2,30,34)(H,31,35);1-3,6-9,12,15,22,24-28,33H,4-5,10-11,13-14,16,18-19H2,(H,31,34)/t23-,24-,25+,26-,28+;24-,25-,26+,27-,28+/m00/s1. The van der Waals surface area contributed by atoms with Crippen molar-refractivity contribution in [3.05, 3.63) is 131 Å². The Kier molecular flexibility index (Phi) is 21.2. The summed E-state index contributed by atoms with van der Waals surface area (Å²) in [6.45, 7) is 0.563. The SMILES string of the molecule is N#Cc1cccc(S(=O)(=O)N(C[C@@H](O)[C@H](Cc2ccccc2)NC(=O)O[C@H]2CO[C@H]3OCC[C@H]32)OC2CCCC2)c1.NC(=O)c1cccc(S(=O)(=O)N(C[C@@H](O)[C@H](Cc2ccccc2)NC(=O)O[C@H]2CO[C@H]3OCC[C@H]32)OC2CCCC2)c1. The number of benzene rings is 4. The smallest absolute Gasteiger partial charge is 0.407 e. The van der Waals surface area contributed by atoms with Crippen molar-refractivity contribution in [2.45, 2.75) is 148 Å². The number of fused-ring (bicyclic) bond motifs is 2. The van der Waals surface area contributed by atoms with Gasteiger partial charge in [-0.25, -0.2) is 26.4 Å². The van der Waals surface area contributed by atoms with Crippen molar-refractivity contribution >= 4 is 38.1 Å². The van der Waals surface area contributed by atoms with Crippen LogP contribution in [-0.2, 0) is 71.0 Å². The van der Waals surface area contributed by atoms with Gasteiger partial charge in [-0.2, -0.15) is 5.26 Å². The predicted octanol–water partition coefficient (Wildman–Crippen LogP) is 4.99. The molecule has 6 N–H and O–H groups in total. The third kappa shape index (κ3) is 16.2. The number of sulfonamides is 2. The number of alkyl carbamates (subject to hydrolysis) is 2. The van der Waals surface area contributed by atoms with E-state index in [1.165, 1.54) is 48.5 Å². The summed E-state index contributed by atoms with van der Waals surface area (Å²) in [5, 5.41) is 37.7. The number of hydroxylamine groups is 2. The molecule has 4 aliphatic heterocycles. The Morgan fingerprint density at radius 3 is 1.47 bits per heavy atom. The van der Waals surface area contributed by atoms with Gasteiger partial charge >= 0.3 is 12.2 Å². The molecule has 6 fully saturated rings. The quantitative estimate of drug-likeness (QED) is 0.0611. The molecule has 10 rings (SSSR count). The molecule has 23 nitrogen and oxygen atoms in total. The first-order valence-electron chi connectivity index (χ1n) is 28.2. The van der Waals surface area contributed by atoms with Crippen LogP contribution in [0.3, 0.4) is 0 Å². The number of primary amides is 1. The van der Waals surface area contributed by atoms with Crippen LogP contribution in [-0.4, -0.2) is 155 Å². The molecule has 6 aliphatic rings. The van der Waals surface area contributed by atoms with E-state index in [-0.39, 0.29) is 77.3 Å². The van der Waals surface area contributed by atoms with Crippen molar-refractivity contribution in [1.29, 1.82) is 5.26 Å². The first-order chi connectivity index (χ1) is 40.0. The van der Waals surface area contributed by atoms with Crippen molar-refractivity contribution in [2.75, 3.05) is 39.5 Å². The lowest BCUT2D eigenvalue weighted by Crippen LogP contribution is -2.51. The number of nitrogens with two attached hydrogens (primary N) is 1. The second kappa shape index (κ2) is 28.6. The van der Waals surface area contributed by atoms with Crippen molar-refractivity contribution in [3.8, 4) is 6.07 Å². The molecule has 10 atom stereocenters. The Morgan fingerprint density at radius 1 is 0.602 bits per heavy atom. The summed E-state index contributed by atoms with van der Waals surface area (Å²) in [6, 6.07) is 29.6. The van der Waals surface area contributed by atoms with Gasteiger partial charge < -0.3 is 55.0 Å². The third-order valence-electron chi connectivity index (χ3n) is 15.6. The van der Waals surface area contributed by atoms with Gasteiger partial charge in [-0.1, -0.05) is 107 Å². The Balaban J connectivity index is 0.000000200. The number of hydrogen-bond acceptors (Lipinski definition) is 18. The molecule has 4 heterocycles. The Morgan fingerprint density at radius 2 is 1.04 bits per heavy atom. The van der Waals surface area contributed by atoms with Gasteiger partial charge in [0.2, 0.25) is 5.91 Å². The monoisotopic (exact) mass is 1190 g/mol. The molecule has 25 heteroatoms. The average molecular weight is 1190 g/mol. The van der Waals surface area contributed by atoms with Gasteiger partial charge in [-0.05, 0) is 98.9 Å². The number of carbonyl (C=O) groups excluding carboxylic acids is 3. The van der Waals surface area contributed by atoms with Crippen molar-refractivity contribution in [2.24, 2.45) is 17.6 Å². The maximum absolute atomic E-state index is 13.8. The average Bonchev–Trinajstić information content (AvgIpc) is 4.51. The molecular formula is C58H72N6O17S2. The van der Waals surface area contributed by atoms with Gasteiger partial charge in [0.1, 0.15) is 12.2 Å². The van der Waals surface area contributed by atoms with E-state index in [0.717, 1.165) is 52.2 Å². The highest BCUT2D eigenvalue weighted by molar-refractivity contribution is 7.89. The number of amides is 3. The van der Waals surface area contributed by atoms with Crippen LogP contribution < -0.4 is 16.4 Å². The number of carbonyl (C=O) groups is 3. The van der Waals surface area contributed by atoms with E-state index in [0.29, 0.717) is 45.3 Å². The van der Waals surface area contributed by atoms with Crippen molar-refractivity contribution in [3.63, 3.8) is 0 Å². The first kappa shape index (κ1) is 61.4. The number of nitriles is 1. The van der Waals surface area contributed by atoms with E-state index in [9.17, 15) is 46.7 Å². The number of nitrogens with one attached hydrogen (secondary N) is 2. The fraction of sp³-hybridized carbons (Fsp3) is 0.517. The Hall–Kier alpha value is -6.12. The highest BCUT2D eigenvalue weighted by Gasteiger charge is 2.46. The number of aliphatic hydroxyl groups excluding tert-OH is 2. The number of rotatable bonds is 23. The topological polar surface area (TPSA) is 314 Å². The minimum atomic E-state index is -4.33. The minimum absolute atomic E-state index is 0.0228. The van der Waals surface area contributed by atoms with Gasteiger partial charge in [0.25, 0.3) is 20.0 Å². The van der Waals surface area contributed by atoms with E-state index in [1.54, 1.807) is 0 Å². The van der Waals surface area contributed by atoms with Crippen molar-refractivity contribution < 1.29 is 79.5 Å². The Bertz CT molecular complexity index is 3080. The molecule has 0 aromatic heterocycles. The second-order valence-corrected chi connectivity index (χ2v) is 25.1. The van der Waals surface area contributed by atoms with Crippen LogP contribution in [0.4, 0.5) is 9.59 Å². The maximum atomic E-state index is 13.8. The number of hydrogen-bond donors (Lipinski definition) is 5. The fourth-order valence-corrected chi connectivity index (χ4v) is 13.8. The van der Waals surface area contributed by atoms with Crippen LogP contribution in [0.25, 0.3) is 0 Å². The molecular weight excluding hydrogens is 1120 g/mol. The Labute approximate surface area is 483 Å². The number of aliphatic hydroxyl groups is 2. The zero-order valence-electron chi connectivity index (χ0n) is 45.8. The molecule has 2 aliphatic carbocycles. The van der Waals surface area contributed by atoms with E-state index in [2.05, 4.69) is 10.6 Å². The molecule has 83 heavy (non-hydrogen) atoms. The van der Waals surface area contributed by atoms with Gasteiger partial charge in [0, 0.05) is 5.56 Å². The summed E-state index contributed by atoms with van der Waals surface area (Å²) >= 11 is 0. The second-order valence-electron chi connectivity index (χ2n) is 21.5. The molecule has 0 bridgehead atoms. The summed E-state index contributed by atoms with van der Waals surface area (Å²) in [4.78, 5) is 49.4. The highest BCUT2D eigenvalue weighted by Crippen LogP contribution is 2.35. The van der Waals surface area contributed by atoms with Gasteiger partial charge in [0.15, 0.2) is 12.6 Å². The van der Waals surface area contributed by atoms with Crippen LogP contribution >= 0.6 is 0 Å². The van der Waals surface area contributed by atoms with E-state index in [1.807, 2.05) is 66.7 Å². The van der Waals surface area contributed by atoms with Gasteiger partial charge in [-0.3, -0.25) is 14.5 Å². The predicted molar refractivity (Wildman–Crippen MR) is 295 cm³/mol. The lowest BCUT2D eigenvalue weighted by atomic mass is 10.0. The molecule has 4 aromatic carbocycles. The molecule has 2 saturated carbocycles. The molecule has 448 valence electrons. The molecule has 3 amide bonds. The summed E-state index contributed by atoms with van der Waals surface area (Å²) in [5.41, 5.74) is 7.23.